The Morgan fingerprint density at radius 2 is 0.875 bits per heavy atom. The van der Waals surface area contributed by atoms with Crippen molar-refractivity contribution in [3.05, 3.63) is 127 Å². The van der Waals surface area contributed by atoms with Crippen LogP contribution in [0.5, 0.6) is 11.5 Å². The lowest BCUT2D eigenvalue weighted by molar-refractivity contribution is -0.149. The number of amides is 2. The van der Waals surface area contributed by atoms with Gasteiger partial charge < -0.3 is 9.47 Å². The number of benzene rings is 4. The monoisotopic (exact) mass is 932 g/mol. The number of carbonyl (C=O) groups is 6. The Morgan fingerprint density at radius 1 is 0.516 bits per heavy atom. The maximum absolute atomic E-state index is 14.7. The molecule has 1 aliphatic carbocycles. The molecule has 10 nitrogen and oxygen atoms in total. The summed E-state index contributed by atoms with van der Waals surface area (Å²) in [6, 6.07) is 25.6. The van der Waals surface area contributed by atoms with Crippen LogP contribution in [0.4, 0.5) is 0 Å². The van der Waals surface area contributed by atoms with Crippen LogP contribution in [0.2, 0.25) is 0 Å². The third-order valence-corrected chi connectivity index (χ3v) is 16.9. The largest absolute Gasteiger partial charge is 0.424 e. The second-order valence-electron chi connectivity index (χ2n) is 15.9. The smallest absolute Gasteiger partial charge is 0.314 e. The van der Waals surface area contributed by atoms with Gasteiger partial charge in [-0.1, -0.05) is 185 Å². The SMILES string of the molecule is CCCCC(CC)C(=O)Oc1c2c(c(OC(=O)C(CC)CCCC)c3c1SC(=C1C(=O)N(Cc4ccccc4)N(Cc4ccccc4)C1=O)S3)SC(=C1C(=O)c3ccccc3C1=O)S2. The fraction of sp³-hybridized carbons (Fsp3) is 0.320. The van der Waals surface area contributed by atoms with E-state index in [1.165, 1.54) is 10.0 Å². The van der Waals surface area contributed by atoms with Crippen LogP contribution < -0.4 is 9.47 Å². The number of fused-ring (bicyclic) bond motifs is 3. The molecule has 8 rings (SSSR count). The second-order valence-corrected chi connectivity index (χ2v) is 20.5. The molecule has 1 fully saturated rings. The zero-order valence-electron chi connectivity index (χ0n) is 36.1. The normalized spacial score (nSPS) is 16.4. The van der Waals surface area contributed by atoms with Gasteiger partial charge in [0.2, 0.25) is 0 Å². The summed E-state index contributed by atoms with van der Waals surface area (Å²) in [5.41, 5.74) is 2.27. The first-order chi connectivity index (χ1) is 31.1. The Bertz CT molecular complexity index is 2440. The van der Waals surface area contributed by atoms with Gasteiger partial charge in [-0.2, -0.15) is 0 Å². The standard InChI is InChI=1S/C50H48N2O8S4/c1-5-9-23-31(7-3)47(57)59-39-41-42(62-49(61-41)35-37(53)33-25-17-18-26-34(33)38(35)54)40(60-48(58)32(8-4)24-10-6-2)44-43(39)63-50(64-44)36-45(55)51(27-29-19-13-11-14-20-29)52(46(36)56)28-30-21-15-12-16-22-30/h11-22,25-26,31-32H,5-10,23-24,27-28H2,1-4H3. The van der Waals surface area contributed by atoms with Crippen molar-refractivity contribution < 1.29 is 38.2 Å². The lowest BCUT2D eigenvalue weighted by Gasteiger charge is -2.27. The summed E-state index contributed by atoms with van der Waals surface area (Å²) in [6.07, 6.45) is 5.77. The number of unbranched alkanes of at least 4 members (excludes halogenated alkanes) is 2. The van der Waals surface area contributed by atoms with Crippen molar-refractivity contribution in [2.24, 2.45) is 11.8 Å². The number of ketones is 2. The Kier molecular flexibility index (Phi) is 14.2. The fourth-order valence-electron chi connectivity index (χ4n) is 8.05. The topological polar surface area (TPSA) is 127 Å². The van der Waals surface area contributed by atoms with E-state index >= 15 is 0 Å². The molecular formula is C50H48N2O8S4. The molecule has 0 N–H and O–H groups in total. The molecule has 4 aliphatic rings. The molecule has 0 aromatic heterocycles. The molecule has 3 heterocycles. The van der Waals surface area contributed by atoms with Gasteiger partial charge in [0, 0.05) is 11.1 Å². The van der Waals surface area contributed by atoms with Gasteiger partial charge in [0.25, 0.3) is 11.8 Å². The van der Waals surface area contributed by atoms with Crippen molar-refractivity contribution in [3.63, 3.8) is 0 Å². The van der Waals surface area contributed by atoms with Crippen LogP contribution in [-0.2, 0) is 32.3 Å². The molecule has 2 atom stereocenters. The summed E-state index contributed by atoms with van der Waals surface area (Å²) in [7, 11) is 0. The third kappa shape index (κ3) is 8.86. The van der Waals surface area contributed by atoms with Gasteiger partial charge in [-0.05, 0) is 36.8 Å². The van der Waals surface area contributed by atoms with Crippen LogP contribution in [0.15, 0.2) is 124 Å². The lowest BCUT2D eigenvalue weighted by Crippen LogP contribution is -2.39. The van der Waals surface area contributed by atoms with Crippen LogP contribution >= 0.6 is 47.0 Å². The van der Waals surface area contributed by atoms with Crippen molar-refractivity contribution in [1.82, 2.24) is 10.0 Å². The van der Waals surface area contributed by atoms with E-state index in [-0.39, 0.29) is 35.7 Å². The molecule has 4 aromatic rings. The van der Waals surface area contributed by atoms with Crippen molar-refractivity contribution in [2.45, 2.75) is 112 Å². The summed E-state index contributed by atoms with van der Waals surface area (Å²) < 4.78 is 13.7. The average Bonchev–Trinajstić information content (AvgIpc) is 4.05. The summed E-state index contributed by atoms with van der Waals surface area (Å²) >= 11 is 4.53. The van der Waals surface area contributed by atoms with Crippen molar-refractivity contribution >= 4 is 82.4 Å². The molecule has 330 valence electrons. The molecule has 64 heavy (non-hydrogen) atoms. The van der Waals surface area contributed by atoms with E-state index in [1.807, 2.05) is 74.5 Å². The van der Waals surface area contributed by atoms with Crippen LogP contribution in [0.1, 0.15) is 111 Å². The number of carbonyl (C=O) groups excluding carboxylic acids is 6. The zero-order valence-corrected chi connectivity index (χ0v) is 39.4. The quantitative estimate of drug-likeness (QED) is 0.0459. The number of hydrogen-bond donors (Lipinski definition) is 0. The van der Waals surface area contributed by atoms with E-state index in [2.05, 4.69) is 13.8 Å². The zero-order chi connectivity index (χ0) is 45.1. The number of Topliss-reactive ketones (excluding diaryl/α,β-unsaturated/α-hetero) is 2. The minimum Gasteiger partial charge on any atom is -0.424 e. The lowest BCUT2D eigenvalue weighted by atomic mass is 10.00. The van der Waals surface area contributed by atoms with E-state index in [0.29, 0.717) is 64.9 Å². The van der Waals surface area contributed by atoms with Gasteiger partial charge in [-0.25, -0.2) is 10.0 Å². The maximum Gasteiger partial charge on any atom is 0.314 e. The Balaban J connectivity index is 1.28. The summed E-state index contributed by atoms with van der Waals surface area (Å²) in [4.78, 5) is 87.3. The third-order valence-electron chi connectivity index (χ3n) is 11.7. The Morgan fingerprint density at radius 3 is 1.23 bits per heavy atom. The van der Waals surface area contributed by atoms with Crippen molar-refractivity contribution in [3.8, 4) is 11.5 Å². The number of hydrogen-bond acceptors (Lipinski definition) is 12. The Labute approximate surface area is 390 Å². The Hall–Kier alpha value is -5.02. The highest BCUT2D eigenvalue weighted by atomic mass is 32.2. The number of thioether (sulfide) groups is 4. The predicted molar refractivity (Wildman–Crippen MR) is 251 cm³/mol. The van der Waals surface area contributed by atoms with Crippen LogP contribution in [0.25, 0.3) is 0 Å². The van der Waals surface area contributed by atoms with E-state index < -0.39 is 47.2 Å². The predicted octanol–water partition coefficient (Wildman–Crippen LogP) is 11.8. The molecule has 0 saturated carbocycles. The van der Waals surface area contributed by atoms with Crippen LogP contribution in [0.3, 0.4) is 0 Å². The number of allylic oxidation sites excluding steroid dienone is 1. The van der Waals surface area contributed by atoms with E-state index in [4.69, 9.17) is 9.47 Å². The van der Waals surface area contributed by atoms with Gasteiger partial charge in [0.15, 0.2) is 23.1 Å². The molecule has 3 aliphatic heterocycles. The average molecular weight is 933 g/mol. The van der Waals surface area contributed by atoms with Gasteiger partial charge in [-0.3, -0.25) is 28.8 Å². The summed E-state index contributed by atoms with van der Waals surface area (Å²) in [5, 5.41) is 2.94. The van der Waals surface area contributed by atoms with E-state index in [9.17, 15) is 28.8 Å². The highest BCUT2D eigenvalue weighted by molar-refractivity contribution is 8.26. The minimum absolute atomic E-state index is 0.00755. The number of rotatable bonds is 16. The first kappa shape index (κ1) is 45.5. The summed E-state index contributed by atoms with van der Waals surface area (Å²) in [6.45, 7) is 8.30. The number of hydrazine groups is 1. The molecule has 0 radical (unpaired) electrons. The van der Waals surface area contributed by atoms with Crippen LogP contribution in [-0.4, -0.2) is 45.3 Å². The number of esters is 2. The van der Waals surface area contributed by atoms with Gasteiger partial charge in [-0.15, -0.1) is 0 Å². The number of ether oxygens (including phenoxy) is 2. The summed E-state index contributed by atoms with van der Waals surface area (Å²) in [5.74, 6) is -3.12. The molecule has 0 bridgehead atoms. The highest BCUT2D eigenvalue weighted by Gasteiger charge is 2.48. The first-order valence-electron chi connectivity index (χ1n) is 21.8. The van der Waals surface area contributed by atoms with E-state index in [0.717, 1.165) is 83.9 Å². The highest BCUT2D eigenvalue weighted by Crippen LogP contribution is 2.69. The van der Waals surface area contributed by atoms with Gasteiger partial charge in [0.05, 0.1) is 58.6 Å². The molecular weight excluding hydrogens is 885 g/mol. The maximum atomic E-state index is 14.7. The van der Waals surface area contributed by atoms with Gasteiger partial charge in [0.1, 0.15) is 5.57 Å². The first-order valence-corrected chi connectivity index (χ1v) is 25.1. The van der Waals surface area contributed by atoms with Crippen LogP contribution in [0, 0.1) is 11.8 Å². The van der Waals surface area contributed by atoms with Crippen molar-refractivity contribution in [1.29, 1.82) is 0 Å². The second kappa shape index (κ2) is 20.0. The molecule has 2 amide bonds. The van der Waals surface area contributed by atoms with Gasteiger partial charge >= 0.3 is 11.9 Å². The fourth-order valence-corrected chi connectivity index (χ4v) is 13.6. The molecule has 2 unspecified atom stereocenters. The molecule has 0 spiro atoms. The minimum atomic E-state index is -0.484. The molecule has 4 aromatic carbocycles. The van der Waals surface area contributed by atoms with Crippen molar-refractivity contribution in [2.75, 3.05) is 0 Å². The number of nitrogens with zero attached hydrogens (tertiary/aromatic N) is 2. The molecule has 14 heteroatoms. The van der Waals surface area contributed by atoms with E-state index in [1.54, 1.807) is 24.3 Å². The molecule has 1 saturated heterocycles.